The molecule has 32 heavy (non-hydrogen) atoms. The van der Waals surface area contributed by atoms with Crippen LogP contribution in [0.4, 0.5) is 11.4 Å². The molecule has 0 aliphatic carbocycles. The van der Waals surface area contributed by atoms with Crippen LogP contribution in [0.1, 0.15) is 51.3 Å². The molecule has 2 aromatic carbocycles. The molecular weight excluding hydrogens is 420 g/mol. The van der Waals surface area contributed by atoms with Crippen molar-refractivity contribution in [3.63, 3.8) is 0 Å². The van der Waals surface area contributed by atoms with Crippen molar-refractivity contribution in [1.29, 1.82) is 0 Å². The number of aryl methyl sites for hydroxylation is 1. The van der Waals surface area contributed by atoms with E-state index in [2.05, 4.69) is 45.9 Å². The van der Waals surface area contributed by atoms with Crippen molar-refractivity contribution in [3.8, 4) is 5.75 Å². The number of fused-ring (bicyclic) bond motifs is 1. The Labute approximate surface area is 193 Å². The van der Waals surface area contributed by atoms with Gasteiger partial charge < -0.3 is 4.74 Å². The summed E-state index contributed by atoms with van der Waals surface area (Å²) < 4.78 is 5.59. The summed E-state index contributed by atoms with van der Waals surface area (Å²) in [6, 6.07) is 11.7. The second kappa shape index (κ2) is 6.88. The average molecular weight is 449 g/mol. The van der Waals surface area contributed by atoms with Gasteiger partial charge in [-0.2, -0.15) is 0 Å². The van der Waals surface area contributed by atoms with E-state index in [1.807, 2.05) is 43.0 Å². The first-order valence-corrected chi connectivity index (χ1v) is 11.9. The van der Waals surface area contributed by atoms with E-state index in [1.54, 1.807) is 4.90 Å². The number of amides is 2. The van der Waals surface area contributed by atoms with Gasteiger partial charge in [0.05, 0.1) is 23.1 Å². The second-order valence-corrected chi connectivity index (χ2v) is 10.9. The summed E-state index contributed by atoms with van der Waals surface area (Å²) in [5.74, 6) is 0.643. The van der Waals surface area contributed by atoms with Gasteiger partial charge in [-0.1, -0.05) is 12.1 Å². The van der Waals surface area contributed by atoms with Crippen molar-refractivity contribution >= 4 is 40.5 Å². The van der Waals surface area contributed by atoms with E-state index in [9.17, 15) is 9.59 Å². The summed E-state index contributed by atoms with van der Waals surface area (Å²) >= 11 is 1.45. The molecule has 2 amide bonds. The Morgan fingerprint density at radius 3 is 2.41 bits per heavy atom. The zero-order valence-corrected chi connectivity index (χ0v) is 20.2. The van der Waals surface area contributed by atoms with Crippen LogP contribution in [0.5, 0.6) is 5.75 Å². The Morgan fingerprint density at radius 2 is 1.75 bits per heavy atom. The van der Waals surface area contributed by atoms with Gasteiger partial charge >= 0.3 is 0 Å². The van der Waals surface area contributed by atoms with Crippen LogP contribution in [0.3, 0.4) is 0 Å². The molecule has 0 radical (unpaired) electrons. The lowest BCUT2D eigenvalue weighted by Gasteiger charge is -2.40. The van der Waals surface area contributed by atoms with E-state index in [-0.39, 0.29) is 17.1 Å². The molecule has 0 aromatic heterocycles. The number of benzene rings is 2. The van der Waals surface area contributed by atoms with Crippen molar-refractivity contribution in [2.45, 2.75) is 57.2 Å². The molecule has 5 nitrogen and oxygen atoms in total. The molecule has 3 aliphatic rings. The lowest BCUT2D eigenvalue weighted by molar-refractivity contribution is -0.124. The van der Waals surface area contributed by atoms with Crippen molar-refractivity contribution in [2.24, 2.45) is 0 Å². The maximum atomic E-state index is 14.3. The van der Waals surface area contributed by atoms with Gasteiger partial charge in [0.1, 0.15) is 5.75 Å². The largest absolute Gasteiger partial charge is 0.494 e. The lowest BCUT2D eigenvalue weighted by atomic mass is 9.88. The standard InChI is InChI=1S/C26H28N2O3S/c1-7-31-19-10-8-18(9-11-19)27-23(29)17(4)32-26(27)21-13-15(2)12-20-16(3)14-25(5,6)28(22(20)21)24(26)30/h8-14,17H,7H2,1-6H3/t17-,26+/m1/s1. The van der Waals surface area contributed by atoms with Crippen LogP contribution in [-0.2, 0) is 14.5 Å². The number of carbonyl (C=O) groups is 2. The SMILES string of the molecule is CCOc1ccc(N2C(=O)[C@@H](C)S[C@@]23C(=O)N2c4c(cc(C)cc43)C(C)=CC2(C)C)cc1. The first-order chi connectivity index (χ1) is 15.1. The van der Waals surface area contributed by atoms with Crippen LogP contribution in [0.15, 0.2) is 42.5 Å². The second-order valence-electron chi connectivity index (χ2n) is 9.33. The van der Waals surface area contributed by atoms with Gasteiger partial charge in [0, 0.05) is 16.8 Å². The molecule has 5 rings (SSSR count). The lowest BCUT2D eigenvalue weighted by Crippen LogP contribution is -2.55. The van der Waals surface area contributed by atoms with Gasteiger partial charge in [-0.3, -0.25) is 19.4 Å². The Morgan fingerprint density at radius 1 is 1.06 bits per heavy atom. The minimum atomic E-state index is -1.12. The third-order valence-corrected chi connectivity index (χ3v) is 8.02. The summed E-state index contributed by atoms with van der Waals surface area (Å²) in [7, 11) is 0. The summed E-state index contributed by atoms with van der Waals surface area (Å²) in [6.45, 7) is 12.7. The van der Waals surface area contributed by atoms with Crippen molar-refractivity contribution in [2.75, 3.05) is 16.4 Å². The maximum absolute atomic E-state index is 14.3. The molecule has 1 saturated heterocycles. The Balaban J connectivity index is 1.77. The van der Waals surface area contributed by atoms with Gasteiger partial charge in [-0.25, -0.2) is 0 Å². The van der Waals surface area contributed by atoms with Crippen LogP contribution in [0.2, 0.25) is 0 Å². The van der Waals surface area contributed by atoms with Crippen molar-refractivity contribution in [3.05, 3.63) is 59.2 Å². The molecule has 166 valence electrons. The number of ether oxygens (including phenoxy) is 1. The monoisotopic (exact) mass is 448 g/mol. The predicted octanol–water partition coefficient (Wildman–Crippen LogP) is 5.26. The highest BCUT2D eigenvalue weighted by Gasteiger charge is 2.65. The summed E-state index contributed by atoms with van der Waals surface area (Å²) in [5.41, 5.74) is 5.39. The zero-order valence-electron chi connectivity index (χ0n) is 19.4. The zero-order chi connectivity index (χ0) is 23.0. The molecule has 3 heterocycles. The molecule has 6 heteroatoms. The smallest absolute Gasteiger partial charge is 0.269 e. The fraction of sp³-hybridized carbons (Fsp3) is 0.385. The molecule has 0 N–H and O–H groups in total. The number of rotatable bonds is 3. The van der Waals surface area contributed by atoms with E-state index >= 15 is 0 Å². The maximum Gasteiger partial charge on any atom is 0.269 e. The average Bonchev–Trinajstić information content (AvgIpc) is 3.13. The first kappa shape index (κ1) is 21.1. The molecule has 3 aliphatic heterocycles. The van der Waals surface area contributed by atoms with Gasteiger partial charge in [-0.15, -0.1) is 11.8 Å². The number of hydrogen-bond acceptors (Lipinski definition) is 4. The topological polar surface area (TPSA) is 49.9 Å². The highest BCUT2D eigenvalue weighted by molar-refractivity contribution is 8.03. The quantitative estimate of drug-likeness (QED) is 0.643. The molecule has 0 unspecified atom stereocenters. The van der Waals surface area contributed by atoms with Gasteiger partial charge in [-0.05, 0) is 83.0 Å². The molecule has 0 saturated carbocycles. The van der Waals surface area contributed by atoms with Crippen molar-refractivity contribution < 1.29 is 14.3 Å². The van der Waals surface area contributed by atoms with E-state index in [0.717, 1.165) is 33.7 Å². The van der Waals surface area contributed by atoms with Crippen LogP contribution in [-0.4, -0.2) is 29.2 Å². The van der Waals surface area contributed by atoms with Crippen LogP contribution < -0.4 is 14.5 Å². The number of carbonyl (C=O) groups excluding carboxylic acids is 2. The fourth-order valence-corrected chi connectivity index (χ4v) is 6.86. The van der Waals surface area contributed by atoms with Gasteiger partial charge in [0.25, 0.3) is 5.91 Å². The highest BCUT2D eigenvalue weighted by Crippen LogP contribution is 2.61. The van der Waals surface area contributed by atoms with Crippen molar-refractivity contribution in [1.82, 2.24) is 0 Å². The van der Waals surface area contributed by atoms with E-state index in [4.69, 9.17) is 4.74 Å². The van der Waals surface area contributed by atoms with Crippen LogP contribution in [0.25, 0.3) is 5.57 Å². The normalized spacial score (nSPS) is 25.4. The fourth-order valence-electron chi connectivity index (χ4n) is 5.36. The van der Waals surface area contributed by atoms with E-state index in [0.29, 0.717) is 12.3 Å². The van der Waals surface area contributed by atoms with Gasteiger partial charge in [0.2, 0.25) is 10.8 Å². The molecule has 2 atom stereocenters. The van der Waals surface area contributed by atoms with Crippen LogP contribution in [0, 0.1) is 6.92 Å². The Kier molecular flexibility index (Phi) is 4.55. The molecule has 2 aromatic rings. The minimum Gasteiger partial charge on any atom is -0.494 e. The third-order valence-electron chi connectivity index (χ3n) is 6.54. The summed E-state index contributed by atoms with van der Waals surface area (Å²) in [4.78, 5) is 30.4. The highest BCUT2D eigenvalue weighted by atomic mass is 32.2. The van der Waals surface area contributed by atoms with Gasteiger partial charge in [0.15, 0.2) is 0 Å². The molecule has 1 spiro atoms. The minimum absolute atomic E-state index is 0.0508. The van der Waals surface area contributed by atoms with E-state index < -0.39 is 10.4 Å². The summed E-state index contributed by atoms with van der Waals surface area (Å²) in [5, 5.41) is -0.333. The number of allylic oxidation sites excluding steroid dienone is 1. The Hall–Kier alpha value is -2.73. The number of hydrogen-bond donors (Lipinski definition) is 0. The molecular formula is C26H28N2O3S. The summed E-state index contributed by atoms with van der Waals surface area (Å²) in [6.07, 6.45) is 2.15. The van der Waals surface area contributed by atoms with Crippen LogP contribution >= 0.6 is 11.8 Å². The first-order valence-electron chi connectivity index (χ1n) is 11.1. The predicted molar refractivity (Wildman–Crippen MR) is 130 cm³/mol. The molecule has 1 fully saturated rings. The van der Waals surface area contributed by atoms with E-state index in [1.165, 1.54) is 11.8 Å². The third kappa shape index (κ3) is 2.65. The Bertz CT molecular complexity index is 1180. The number of thioether (sulfide) groups is 1. The molecule has 0 bridgehead atoms. The number of nitrogens with zero attached hydrogens (tertiary/aromatic N) is 2. The number of anilines is 2.